The van der Waals surface area contributed by atoms with Crippen molar-refractivity contribution in [1.29, 1.82) is 0 Å². The van der Waals surface area contributed by atoms with Gasteiger partial charge in [-0.25, -0.2) is 14.8 Å². The van der Waals surface area contributed by atoms with Gasteiger partial charge in [0.25, 0.3) is 0 Å². The molecule has 1 fully saturated rings. The molecule has 1 aliphatic heterocycles. The van der Waals surface area contributed by atoms with Crippen molar-refractivity contribution in [2.45, 2.75) is 58.9 Å². The van der Waals surface area contributed by atoms with Gasteiger partial charge in [-0.15, -0.1) is 0 Å². The molecule has 0 unspecified atom stereocenters. The van der Waals surface area contributed by atoms with E-state index in [1.165, 1.54) is 38.6 Å². The average molecular weight is 374 g/mol. The Morgan fingerprint density at radius 2 is 2.22 bits per heavy atom. The van der Waals surface area contributed by atoms with Crippen molar-refractivity contribution in [2.24, 2.45) is 0 Å². The molecule has 1 N–H and O–H groups in total. The molecular weight excluding hydrogens is 344 g/mol. The number of carbonyl (C=O) groups is 1. The van der Waals surface area contributed by atoms with Crippen LogP contribution < -0.4 is 5.32 Å². The summed E-state index contributed by atoms with van der Waals surface area (Å²) in [7, 11) is 0. The zero-order valence-corrected chi connectivity index (χ0v) is 16.6. The Hall–Kier alpha value is -2.15. The summed E-state index contributed by atoms with van der Waals surface area (Å²) in [5, 5.41) is 3.97. The second-order valence-corrected chi connectivity index (χ2v) is 7.03. The van der Waals surface area contributed by atoms with Crippen molar-refractivity contribution in [3.63, 3.8) is 0 Å². The molecule has 0 saturated carbocycles. The molecular formula is C20H30N4O3. The number of anilines is 1. The van der Waals surface area contributed by atoms with Crippen LogP contribution >= 0.6 is 0 Å². The maximum absolute atomic E-state index is 12.3. The second kappa shape index (κ2) is 9.17. The summed E-state index contributed by atoms with van der Waals surface area (Å²) >= 11 is 0. The molecule has 0 aliphatic carbocycles. The number of nitrogens with one attached hydrogen (secondary N) is 1. The van der Waals surface area contributed by atoms with Gasteiger partial charge in [0, 0.05) is 19.1 Å². The summed E-state index contributed by atoms with van der Waals surface area (Å²) in [5.74, 6) is 0.738. The number of hydrogen-bond acceptors (Lipinski definition) is 7. The number of hydrogen-bond donors (Lipinski definition) is 1. The monoisotopic (exact) mass is 374 g/mol. The van der Waals surface area contributed by atoms with Gasteiger partial charge < -0.3 is 19.4 Å². The average Bonchev–Trinajstić information content (AvgIpc) is 3.02. The fourth-order valence-electron chi connectivity index (χ4n) is 3.93. The van der Waals surface area contributed by atoms with Crippen LogP contribution in [-0.2, 0) is 4.74 Å². The lowest BCUT2D eigenvalue weighted by molar-refractivity contribution is 0.0526. The van der Waals surface area contributed by atoms with Crippen molar-refractivity contribution in [1.82, 2.24) is 14.9 Å². The fraction of sp³-hybridized carbons (Fsp3) is 0.650. The predicted molar refractivity (Wildman–Crippen MR) is 105 cm³/mol. The largest absolute Gasteiger partial charge is 0.462 e. The van der Waals surface area contributed by atoms with Crippen molar-refractivity contribution in [3.05, 3.63) is 17.7 Å². The van der Waals surface area contributed by atoms with Crippen LogP contribution in [0.2, 0.25) is 0 Å². The van der Waals surface area contributed by atoms with Crippen LogP contribution in [0.25, 0.3) is 11.1 Å². The maximum atomic E-state index is 12.3. The zero-order chi connectivity index (χ0) is 19.2. The Labute approximate surface area is 160 Å². The highest BCUT2D eigenvalue weighted by Gasteiger charge is 2.24. The minimum atomic E-state index is -0.397. The third-order valence-electron chi connectivity index (χ3n) is 5.28. The number of carbonyl (C=O) groups excluding carboxylic acids is 1. The van der Waals surface area contributed by atoms with Crippen LogP contribution in [0.4, 0.5) is 5.82 Å². The first-order chi connectivity index (χ1) is 13.2. The molecule has 0 radical (unpaired) electrons. The first kappa shape index (κ1) is 19.6. The van der Waals surface area contributed by atoms with Gasteiger partial charge in [-0.3, -0.25) is 0 Å². The van der Waals surface area contributed by atoms with Gasteiger partial charge in [0.15, 0.2) is 0 Å². The van der Waals surface area contributed by atoms with Crippen LogP contribution in [0.15, 0.2) is 10.7 Å². The molecule has 148 valence electrons. The quantitative estimate of drug-likeness (QED) is 0.556. The molecule has 7 nitrogen and oxygen atoms in total. The Morgan fingerprint density at radius 3 is 3.00 bits per heavy atom. The first-order valence-electron chi connectivity index (χ1n) is 10.0. The van der Waals surface area contributed by atoms with E-state index in [0.29, 0.717) is 34.8 Å². The van der Waals surface area contributed by atoms with E-state index in [9.17, 15) is 4.79 Å². The van der Waals surface area contributed by atoms with E-state index < -0.39 is 5.97 Å². The van der Waals surface area contributed by atoms with E-state index in [0.717, 1.165) is 25.6 Å². The van der Waals surface area contributed by atoms with E-state index >= 15 is 0 Å². The molecule has 0 amide bonds. The number of furan rings is 1. The highest BCUT2D eigenvalue weighted by molar-refractivity contribution is 6.07. The van der Waals surface area contributed by atoms with Gasteiger partial charge >= 0.3 is 5.97 Å². The van der Waals surface area contributed by atoms with Crippen LogP contribution in [0.3, 0.4) is 0 Å². The number of piperidine rings is 1. The molecule has 3 heterocycles. The molecule has 2 aromatic rings. The smallest absolute Gasteiger partial charge is 0.342 e. The standard InChI is InChI=1S/C20H30N4O3/c1-4-15-9-6-7-11-24(15)12-8-10-21-18-17-16(20(25)26-5-2)14(3)27-19(17)23-13-22-18/h13,15H,4-12H2,1-3H3,(H,21,22,23)/t15-/m0/s1. The highest BCUT2D eigenvalue weighted by Crippen LogP contribution is 2.29. The van der Waals surface area contributed by atoms with E-state index in [2.05, 4.69) is 27.1 Å². The molecule has 0 aromatic carbocycles. The van der Waals surface area contributed by atoms with Crippen LogP contribution in [0.1, 0.15) is 62.1 Å². The van der Waals surface area contributed by atoms with Gasteiger partial charge in [-0.2, -0.15) is 0 Å². The molecule has 0 spiro atoms. The predicted octanol–water partition coefficient (Wildman–Crippen LogP) is 3.77. The third kappa shape index (κ3) is 4.40. The summed E-state index contributed by atoms with van der Waals surface area (Å²) in [6, 6.07) is 0.719. The van der Waals surface area contributed by atoms with Gasteiger partial charge in [-0.1, -0.05) is 13.3 Å². The van der Waals surface area contributed by atoms with E-state index in [1.54, 1.807) is 13.8 Å². The minimum absolute atomic E-state index is 0.315. The van der Waals surface area contributed by atoms with Gasteiger partial charge in [0.1, 0.15) is 23.5 Å². The molecule has 0 bridgehead atoms. The molecule has 1 saturated heterocycles. The third-order valence-corrected chi connectivity index (χ3v) is 5.28. The number of likely N-dealkylation sites (tertiary alicyclic amines) is 1. The Bertz CT molecular complexity index is 774. The van der Waals surface area contributed by atoms with E-state index in [4.69, 9.17) is 9.15 Å². The fourth-order valence-corrected chi connectivity index (χ4v) is 3.93. The normalized spacial score (nSPS) is 18.0. The van der Waals surface area contributed by atoms with Crippen molar-refractivity contribution >= 4 is 22.9 Å². The number of esters is 1. The summed E-state index contributed by atoms with van der Waals surface area (Å²) in [6.07, 6.45) is 7.66. The van der Waals surface area contributed by atoms with Crippen LogP contribution in [0.5, 0.6) is 0 Å². The molecule has 7 heteroatoms. The number of nitrogens with zero attached hydrogens (tertiary/aromatic N) is 3. The highest BCUT2D eigenvalue weighted by atomic mass is 16.5. The van der Waals surface area contributed by atoms with E-state index in [-0.39, 0.29) is 0 Å². The number of aryl methyl sites for hydroxylation is 1. The van der Waals surface area contributed by atoms with Crippen molar-refractivity contribution in [3.8, 4) is 0 Å². The first-order valence-corrected chi connectivity index (χ1v) is 10.0. The summed E-state index contributed by atoms with van der Waals surface area (Å²) in [6.45, 7) is 9.19. The number of aromatic nitrogens is 2. The molecule has 27 heavy (non-hydrogen) atoms. The van der Waals surface area contributed by atoms with Crippen LogP contribution in [-0.4, -0.2) is 53.1 Å². The molecule has 3 rings (SSSR count). The minimum Gasteiger partial charge on any atom is -0.462 e. The zero-order valence-electron chi connectivity index (χ0n) is 16.6. The topological polar surface area (TPSA) is 80.5 Å². The maximum Gasteiger partial charge on any atom is 0.342 e. The lowest BCUT2D eigenvalue weighted by Crippen LogP contribution is -2.40. The van der Waals surface area contributed by atoms with Crippen molar-refractivity contribution < 1.29 is 13.9 Å². The Kier molecular flexibility index (Phi) is 6.66. The summed E-state index contributed by atoms with van der Waals surface area (Å²) in [5.41, 5.74) is 0.826. The van der Waals surface area contributed by atoms with E-state index in [1.807, 2.05) is 0 Å². The number of ether oxygens (including phenoxy) is 1. The molecule has 1 aliphatic rings. The number of rotatable bonds is 8. The molecule has 1 atom stereocenters. The summed E-state index contributed by atoms with van der Waals surface area (Å²) in [4.78, 5) is 23.4. The Morgan fingerprint density at radius 1 is 1.37 bits per heavy atom. The number of fused-ring (bicyclic) bond motifs is 1. The summed E-state index contributed by atoms with van der Waals surface area (Å²) < 4.78 is 10.8. The van der Waals surface area contributed by atoms with Gasteiger partial charge in [0.05, 0.1) is 12.0 Å². The lowest BCUT2D eigenvalue weighted by Gasteiger charge is -2.35. The Balaban J connectivity index is 1.67. The SMILES string of the molecule is CCOC(=O)c1c(C)oc2ncnc(NCCCN3CCCC[C@@H]3CC)c12. The lowest BCUT2D eigenvalue weighted by atomic mass is 10.00. The van der Waals surface area contributed by atoms with Crippen LogP contribution in [0, 0.1) is 6.92 Å². The second-order valence-electron chi connectivity index (χ2n) is 7.03. The van der Waals surface area contributed by atoms with Gasteiger partial charge in [0.2, 0.25) is 5.71 Å². The van der Waals surface area contributed by atoms with Gasteiger partial charge in [-0.05, 0) is 46.1 Å². The molecule has 2 aromatic heterocycles. The van der Waals surface area contributed by atoms with Crippen molar-refractivity contribution in [2.75, 3.05) is 31.6 Å².